The summed E-state index contributed by atoms with van der Waals surface area (Å²) in [5, 5.41) is 12.6. The van der Waals surface area contributed by atoms with Gasteiger partial charge in [0.25, 0.3) is 0 Å². The summed E-state index contributed by atoms with van der Waals surface area (Å²) < 4.78 is 11.5. The fourth-order valence-electron chi connectivity index (χ4n) is 3.57. The SMILES string of the molecule is Cc1cc(-c2snnc2[C@H]2CCCN(C(=O)CSCCn3nccc3C)C2)on1. The third kappa shape index (κ3) is 4.69. The van der Waals surface area contributed by atoms with Crippen molar-refractivity contribution in [1.82, 2.24) is 29.4 Å². The van der Waals surface area contributed by atoms with E-state index in [0.29, 0.717) is 18.1 Å². The molecule has 1 atom stereocenters. The fraction of sp³-hybridized carbons (Fsp3) is 0.526. The zero-order valence-electron chi connectivity index (χ0n) is 16.6. The molecule has 1 aliphatic heterocycles. The topological polar surface area (TPSA) is 89.9 Å². The zero-order chi connectivity index (χ0) is 20.2. The van der Waals surface area contributed by atoms with Gasteiger partial charge in [0.05, 0.1) is 23.7 Å². The molecular formula is C19H24N6O2S2. The van der Waals surface area contributed by atoms with Gasteiger partial charge in [0.1, 0.15) is 4.88 Å². The van der Waals surface area contributed by atoms with Gasteiger partial charge in [-0.3, -0.25) is 9.48 Å². The molecule has 29 heavy (non-hydrogen) atoms. The van der Waals surface area contributed by atoms with Crippen LogP contribution in [0.2, 0.25) is 0 Å². The summed E-state index contributed by atoms with van der Waals surface area (Å²) in [7, 11) is 0. The molecule has 0 unspecified atom stereocenters. The second kappa shape index (κ2) is 9.08. The summed E-state index contributed by atoms with van der Waals surface area (Å²) in [6.45, 7) is 6.25. The molecule has 4 heterocycles. The van der Waals surface area contributed by atoms with Gasteiger partial charge in [-0.25, -0.2) is 0 Å². The lowest BCUT2D eigenvalue weighted by molar-refractivity contribution is -0.129. The zero-order valence-corrected chi connectivity index (χ0v) is 18.2. The number of aryl methyl sites for hydroxylation is 3. The van der Waals surface area contributed by atoms with E-state index in [9.17, 15) is 4.79 Å². The average molecular weight is 433 g/mol. The van der Waals surface area contributed by atoms with Crippen LogP contribution in [0.5, 0.6) is 0 Å². The number of aromatic nitrogens is 5. The summed E-state index contributed by atoms with van der Waals surface area (Å²) in [5.74, 6) is 2.45. The lowest BCUT2D eigenvalue weighted by atomic mass is 9.93. The Morgan fingerprint density at radius 1 is 1.41 bits per heavy atom. The van der Waals surface area contributed by atoms with E-state index in [4.69, 9.17) is 4.52 Å². The molecule has 3 aromatic heterocycles. The van der Waals surface area contributed by atoms with Crippen LogP contribution >= 0.6 is 23.3 Å². The number of carbonyl (C=O) groups excluding carboxylic acids is 1. The summed E-state index contributed by atoms with van der Waals surface area (Å²) in [4.78, 5) is 15.6. The minimum Gasteiger partial charge on any atom is -0.355 e. The van der Waals surface area contributed by atoms with Gasteiger partial charge < -0.3 is 9.42 Å². The van der Waals surface area contributed by atoms with Crippen LogP contribution in [0.1, 0.15) is 35.8 Å². The van der Waals surface area contributed by atoms with E-state index in [1.807, 2.05) is 35.6 Å². The molecule has 0 N–H and O–H groups in total. The van der Waals surface area contributed by atoms with Crippen molar-refractivity contribution in [3.05, 3.63) is 35.4 Å². The van der Waals surface area contributed by atoms with Crippen LogP contribution in [-0.2, 0) is 11.3 Å². The molecule has 0 bridgehead atoms. The highest BCUT2D eigenvalue weighted by molar-refractivity contribution is 7.99. The first-order valence-electron chi connectivity index (χ1n) is 9.71. The van der Waals surface area contributed by atoms with Gasteiger partial charge in [-0.15, -0.1) is 5.10 Å². The van der Waals surface area contributed by atoms with Crippen LogP contribution in [0.15, 0.2) is 22.9 Å². The maximum absolute atomic E-state index is 12.7. The Morgan fingerprint density at radius 3 is 3.07 bits per heavy atom. The molecule has 0 aromatic carbocycles. The number of rotatable bonds is 7. The van der Waals surface area contributed by atoms with Crippen LogP contribution in [0.4, 0.5) is 0 Å². The van der Waals surface area contributed by atoms with Crippen LogP contribution in [-0.4, -0.2) is 59.9 Å². The number of nitrogens with zero attached hydrogens (tertiary/aromatic N) is 6. The van der Waals surface area contributed by atoms with Crippen molar-refractivity contribution in [2.24, 2.45) is 0 Å². The Labute approximate surface area is 177 Å². The summed E-state index contributed by atoms with van der Waals surface area (Å²) in [5.41, 5.74) is 2.90. The molecule has 1 amide bonds. The standard InChI is InChI=1S/C19H24N6O2S2/c1-13-10-16(27-22-13)19-18(21-23-29-19)15-4-3-7-24(11-15)17(26)12-28-9-8-25-14(2)5-6-20-25/h5-6,10,15H,3-4,7-9,11-12H2,1-2H3/t15-/m0/s1. The number of hydrogen-bond donors (Lipinski definition) is 0. The number of likely N-dealkylation sites (tertiary alicyclic amines) is 1. The summed E-state index contributed by atoms with van der Waals surface area (Å²) >= 11 is 2.99. The first-order chi connectivity index (χ1) is 14.1. The third-order valence-electron chi connectivity index (χ3n) is 5.13. The van der Waals surface area contributed by atoms with Crippen LogP contribution in [0, 0.1) is 13.8 Å². The average Bonchev–Trinajstić information content (AvgIpc) is 3.46. The lowest BCUT2D eigenvalue weighted by Gasteiger charge is -2.32. The van der Waals surface area contributed by atoms with Crippen LogP contribution in [0.25, 0.3) is 10.6 Å². The molecule has 8 nitrogen and oxygen atoms in total. The molecule has 0 saturated carbocycles. The van der Waals surface area contributed by atoms with E-state index < -0.39 is 0 Å². The largest absolute Gasteiger partial charge is 0.355 e. The Bertz CT molecular complexity index is 965. The molecular weight excluding hydrogens is 408 g/mol. The van der Waals surface area contributed by atoms with Crippen molar-refractivity contribution in [1.29, 1.82) is 0 Å². The second-order valence-corrected chi connectivity index (χ2v) is 9.11. The second-order valence-electron chi connectivity index (χ2n) is 7.25. The molecule has 0 radical (unpaired) electrons. The van der Waals surface area contributed by atoms with Gasteiger partial charge in [0.2, 0.25) is 5.91 Å². The van der Waals surface area contributed by atoms with Gasteiger partial charge in [-0.2, -0.15) is 16.9 Å². The molecule has 1 fully saturated rings. The highest BCUT2D eigenvalue weighted by Crippen LogP contribution is 2.35. The van der Waals surface area contributed by atoms with Crippen molar-refractivity contribution in [3.8, 4) is 10.6 Å². The number of carbonyl (C=O) groups is 1. The maximum atomic E-state index is 12.7. The van der Waals surface area contributed by atoms with E-state index >= 15 is 0 Å². The van der Waals surface area contributed by atoms with Crippen LogP contribution < -0.4 is 0 Å². The van der Waals surface area contributed by atoms with Crippen LogP contribution in [0.3, 0.4) is 0 Å². The number of thioether (sulfide) groups is 1. The smallest absolute Gasteiger partial charge is 0.232 e. The van der Waals surface area contributed by atoms with Gasteiger partial charge in [0, 0.05) is 42.7 Å². The lowest BCUT2D eigenvalue weighted by Crippen LogP contribution is -2.40. The highest BCUT2D eigenvalue weighted by atomic mass is 32.2. The van der Waals surface area contributed by atoms with Crippen molar-refractivity contribution >= 4 is 29.2 Å². The predicted molar refractivity (Wildman–Crippen MR) is 113 cm³/mol. The Hall–Kier alpha value is -2.20. The molecule has 1 saturated heterocycles. The molecule has 0 aliphatic carbocycles. The van der Waals surface area contributed by atoms with Gasteiger partial charge in [-0.05, 0) is 44.3 Å². The maximum Gasteiger partial charge on any atom is 0.232 e. The highest BCUT2D eigenvalue weighted by Gasteiger charge is 2.29. The van der Waals surface area contributed by atoms with E-state index in [1.165, 1.54) is 11.5 Å². The monoisotopic (exact) mass is 432 g/mol. The van der Waals surface area contributed by atoms with Crippen molar-refractivity contribution < 1.29 is 9.32 Å². The molecule has 10 heteroatoms. The van der Waals surface area contributed by atoms with Gasteiger partial charge >= 0.3 is 0 Å². The van der Waals surface area contributed by atoms with E-state index in [0.717, 1.165) is 53.6 Å². The van der Waals surface area contributed by atoms with E-state index in [-0.39, 0.29) is 11.8 Å². The third-order valence-corrected chi connectivity index (χ3v) is 6.81. The van der Waals surface area contributed by atoms with Crippen molar-refractivity contribution in [3.63, 3.8) is 0 Å². The summed E-state index contributed by atoms with van der Waals surface area (Å²) in [6, 6.07) is 3.90. The Kier molecular flexibility index (Phi) is 6.29. The number of hydrogen-bond acceptors (Lipinski definition) is 8. The molecule has 1 aliphatic rings. The minimum atomic E-state index is 0.184. The molecule has 4 rings (SSSR count). The Balaban J connectivity index is 1.32. The van der Waals surface area contributed by atoms with Crippen molar-refractivity contribution in [2.45, 2.75) is 39.2 Å². The van der Waals surface area contributed by atoms with Gasteiger partial charge in [0.15, 0.2) is 5.76 Å². The quantitative estimate of drug-likeness (QED) is 0.530. The van der Waals surface area contributed by atoms with Gasteiger partial charge in [-0.1, -0.05) is 9.64 Å². The first-order valence-corrected chi connectivity index (χ1v) is 11.6. The molecule has 0 spiro atoms. The fourth-order valence-corrected chi connectivity index (χ4v) is 5.07. The van der Waals surface area contributed by atoms with Crippen molar-refractivity contribution in [2.75, 3.05) is 24.6 Å². The summed E-state index contributed by atoms with van der Waals surface area (Å²) in [6.07, 6.45) is 3.78. The number of amides is 1. The normalized spacial score (nSPS) is 17.0. The minimum absolute atomic E-state index is 0.184. The van der Waals surface area contributed by atoms with E-state index in [1.54, 1.807) is 18.0 Å². The predicted octanol–water partition coefficient (Wildman–Crippen LogP) is 3.15. The molecule has 154 valence electrons. The number of piperidine rings is 1. The first kappa shape index (κ1) is 20.1. The van der Waals surface area contributed by atoms with E-state index in [2.05, 4.69) is 19.8 Å². The molecule has 3 aromatic rings. The Morgan fingerprint density at radius 2 is 2.31 bits per heavy atom.